The number of pyridine rings is 2. The monoisotopic (exact) mass is 351 g/mol. The molecule has 5 nitrogen and oxygen atoms in total. The Morgan fingerprint density at radius 1 is 1.08 bits per heavy atom. The summed E-state index contributed by atoms with van der Waals surface area (Å²) < 4.78 is 0. The molecule has 0 aliphatic carbocycles. The molecule has 2 aromatic rings. The van der Waals surface area contributed by atoms with Crippen LogP contribution in [0.4, 0.5) is 0 Å². The molecule has 0 fully saturated rings. The highest BCUT2D eigenvalue weighted by molar-refractivity contribution is 5.86. The van der Waals surface area contributed by atoms with E-state index in [0.717, 1.165) is 50.5 Å². The van der Waals surface area contributed by atoms with Gasteiger partial charge in [0.15, 0.2) is 0 Å². The minimum Gasteiger partial charge on any atom is -0.310 e. The van der Waals surface area contributed by atoms with E-state index in [-0.39, 0.29) is 0 Å². The van der Waals surface area contributed by atoms with Crippen LogP contribution in [0.5, 0.6) is 0 Å². The molecule has 0 radical (unpaired) electrons. The van der Waals surface area contributed by atoms with Crippen LogP contribution in [0.15, 0.2) is 66.1 Å². The second-order valence-electron chi connectivity index (χ2n) is 6.06. The molecule has 0 saturated heterocycles. The maximum atomic E-state index is 4.45. The van der Waals surface area contributed by atoms with Crippen molar-refractivity contribution in [1.29, 1.82) is 0 Å². The van der Waals surface area contributed by atoms with E-state index in [1.807, 2.05) is 55.9 Å². The molecule has 0 amide bonds. The summed E-state index contributed by atoms with van der Waals surface area (Å²) in [5.74, 6) is 0. The molecule has 0 aromatic carbocycles. The zero-order valence-corrected chi connectivity index (χ0v) is 15.8. The molecule has 0 saturated carbocycles. The number of hydrogen-bond donors (Lipinski definition) is 1. The van der Waals surface area contributed by atoms with Crippen molar-refractivity contribution < 1.29 is 0 Å². The zero-order valence-electron chi connectivity index (χ0n) is 15.8. The van der Waals surface area contributed by atoms with Gasteiger partial charge in [0, 0.05) is 57.0 Å². The fourth-order valence-electron chi connectivity index (χ4n) is 2.57. The van der Waals surface area contributed by atoms with Gasteiger partial charge in [0.25, 0.3) is 0 Å². The smallest absolute Gasteiger partial charge is 0.0544 e. The molecule has 0 aliphatic rings. The molecular weight excluding hydrogens is 322 g/mol. The van der Waals surface area contributed by atoms with Crippen molar-refractivity contribution in [1.82, 2.24) is 20.2 Å². The number of aromatic nitrogens is 2. The Labute approximate surface area is 156 Å². The Kier molecular flexibility index (Phi) is 9.25. The summed E-state index contributed by atoms with van der Waals surface area (Å²) in [6.45, 7) is 8.39. The molecule has 2 aromatic heterocycles. The van der Waals surface area contributed by atoms with Crippen LogP contribution in [0.3, 0.4) is 0 Å². The number of nitrogens with one attached hydrogen (secondary N) is 1. The molecule has 0 atom stereocenters. The van der Waals surface area contributed by atoms with E-state index in [4.69, 9.17) is 0 Å². The minimum absolute atomic E-state index is 0.812. The molecule has 5 heteroatoms. The Balaban J connectivity index is 1.89. The highest BCUT2D eigenvalue weighted by Gasteiger charge is 2.08. The number of rotatable bonds is 11. The third kappa shape index (κ3) is 7.68. The van der Waals surface area contributed by atoms with E-state index in [2.05, 4.69) is 44.2 Å². The average Bonchev–Trinajstić information content (AvgIpc) is 2.69. The van der Waals surface area contributed by atoms with E-state index in [0.29, 0.717) is 0 Å². The first-order chi connectivity index (χ1) is 12.8. The third-order valence-electron chi connectivity index (χ3n) is 3.97. The summed E-state index contributed by atoms with van der Waals surface area (Å²) in [6, 6.07) is 12.1. The van der Waals surface area contributed by atoms with Crippen LogP contribution in [0.1, 0.15) is 31.7 Å². The van der Waals surface area contributed by atoms with Crippen molar-refractivity contribution in [3.05, 3.63) is 72.5 Å². The SMILES string of the molecule is C/C=C\N=C(CC)CNCCN(Cc1ccccn1)Cc1ccccn1. The van der Waals surface area contributed by atoms with Crippen LogP contribution in [0.25, 0.3) is 0 Å². The lowest BCUT2D eigenvalue weighted by molar-refractivity contribution is 0.252. The summed E-state index contributed by atoms with van der Waals surface area (Å²) in [4.78, 5) is 15.7. The molecule has 138 valence electrons. The Morgan fingerprint density at radius 2 is 1.73 bits per heavy atom. The van der Waals surface area contributed by atoms with Gasteiger partial charge < -0.3 is 5.32 Å². The van der Waals surface area contributed by atoms with E-state index < -0.39 is 0 Å². The molecular formula is C21H29N5. The molecule has 0 spiro atoms. The normalized spacial score (nSPS) is 12.2. The van der Waals surface area contributed by atoms with E-state index in [1.165, 1.54) is 5.71 Å². The lowest BCUT2D eigenvalue weighted by Gasteiger charge is -2.22. The predicted octanol–water partition coefficient (Wildman–Crippen LogP) is 3.45. The Bertz CT molecular complexity index is 626. The van der Waals surface area contributed by atoms with Gasteiger partial charge in [-0.2, -0.15) is 0 Å². The Hall–Kier alpha value is -2.37. The first-order valence-electron chi connectivity index (χ1n) is 9.21. The van der Waals surface area contributed by atoms with E-state index in [9.17, 15) is 0 Å². The van der Waals surface area contributed by atoms with Gasteiger partial charge in [-0.15, -0.1) is 0 Å². The Morgan fingerprint density at radius 3 is 2.23 bits per heavy atom. The zero-order chi connectivity index (χ0) is 18.5. The summed E-state index contributed by atoms with van der Waals surface area (Å²) in [5.41, 5.74) is 3.32. The standard InChI is InChI=1S/C21H29N5/c1-3-11-23-19(4-2)16-22-14-15-26(17-20-9-5-7-12-24-20)18-21-10-6-8-13-25-21/h3,5-13,22H,4,14-18H2,1-2H3/b11-3-,23-19?. The van der Waals surface area contributed by atoms with Crippen LogP contribution in [0.2, 0.25) is 0 Å². The summed E-state index contributed by atoms with van der Waals surface area (Å²) in [5, 5.41) is 3.50. The van der Waals surface area contributed by atoms with Gasteiger partial charge in [-0.05, 0) is 37.6 Å². The van der Waals surface area contributed by atoms with Crippen molar-refractivity contribution in [3.63, 3.8) is 0 Å². The van der Waals surface area contributed by atoms with Crippen LogP contribution in [0, 0.1) is 0 Å². The lowest BCUT2D eigenvalue weighted by atomic mass is 10.2. The van der Waals surface area contributed by atoms with Crippen LogP contribution < -0.4 is 5.32 Å². The quantitative estimate of drug-likeness (QED) is 0.498. The van der Waals surface area contributed by atoms with Gasteiger partial charge in [0.2, 0.25) is 0 Å². The topological polar surface area (TPSA) is 53.4 Å². The van der Waals surface area contributed by atoms with Crippen LogP contribution in [-0.2, 0) is 13.1 Å². The van der Waals surface area contributed by atoms with Gasteiger partial charge in [-0.25, -0.2) is 0 Å². The number of allylic oxidation sites excluding steroid dienone is 1. The van der Waals surface area contributed by atoms with Crippen molar-refractivity contribution in [2.24, 2.45) is 4.99 Å². The van der Waals surface area contributed by atoms with Crippen molar-refractivity contribution in [3.8, 4) is 0 Å². The molecule has 0 unspecified atom stereocenters. The molecule has 0 bridgehead atoms. The number of nitrogens with zero attached hydrogens (tertiary/aromatic N) is 4. The highest BCUT2D eigenvalue weighted by atomic mass is 15.1. The lowest BCUT2D eigenvalue weighted by Crippen LogP contribution is -2.34. The van der Waals surface area contributed by atoms with Crippen molar-refractivity contribution >= 4 is 5.71 Å². The molecule has 0 aliphatic heterocycles. The van der Waals surface area contributed by atoms with E-state index in [1.54, 1.807) is 0 Å². The van der Waals surface area contributed by atoms with Gasteiger partial charge in [0.05, 0.1) is 11.4 Å². The number of aliphatic imine (C=N–C) groups is 1. The van der Waals surface area contributed by atoms with Gasteiger partial charge in [-0.1, -0.05) is 25.1 Å². The fraction of sp³-hybridized carbons (Fsp3) is 0.381. The molecule has 26 heavy (non-hydrogen) atoms. The van der Waals surface area contributed by atoms with Crippen molar-refractivity contribution in [2.45, 2.75) is 33.4 Å². The van der Waals surface area contributed by atoms with Crippen LogP contribution in [-0.4, -0.2) is 40.2 Å². The summed E-state index contributed by atoms with van der Waals surface area (Å²) in [6.07, 6.45) is 8.46. The van der Waals surface area contributed by atoms with Gasteiger partial charge in [0.1, 0.15) is 0 Å². The average molecular weight is 351 g/mol. The first kappa shape index (κ1) is 19.9. The van der Waals surface area contributed by atoms with E-state index >= 15 is 0 Å². The summed E-state index contributed by atoms with van der Waals surface area (Å²) in [7, 11) is 0. The predicted molar refractivity (Wildman–Crippen MR) is 108 cm³/mol. The van der Waals surface area contributed by atoms with Gasteiger partial charge >= 0.3 is 0 Å². The molecule has 2 rings (SSSR count). The molecule has 1 N–H and O–H groups in total. The fourth-order valence-corrected chi connectivity index (χ4v) is 2.57. The molecule has 2 heterocycles. The maximum absolute atomic E-state index is 4.45. The first-order valence-corrected chi connectivity index (χ1v) is 9.21. The summed E-state index contributed by atoms with van der Waals surface area (Å²) >= 11 is 0. The van der Waals surface area contributed by atoms with Crippen molar-refractivity contribution in [2.75, 3.05) is 19.6 Å². The second kappa shape index (κ2) is 12.1. The largest absolute Gasteiger partial charge is 0.310 e. The highest BCUT2D eigenvalue weighted by Crippen LogP contribution is 2.06. The third-order valence-corrected chi connectivity index (χ3v) is 3.97. The maximum Gasteiger partial charge on any atom is 0.0544 e. The van der Waals surface area contributed by atoms with Gasteiger partial charge in [-0.3, -0.25) is 19.9 Å². The second-order valence-corrected chi connectivity index (χ2v) is 6.06. The number of hydrogen-bond acceptors (Lipinski definition) is 5. The van der Waals surface area contributed by atoms with Crippen LogP contribution >= 0.6 is 0 Å². The minimum atomic E-state index is 0.812.